The van der Waals surface area contributed by atoms with Crippen LogP contribution in [-0.2, 0) is 4.74 Å². The molecule has 0 fully saturated rings. The number of para-hydroxylation sites is 1. The number of hydrogen-bond acceptors (Lipinski definition) is 3. The van der Waals surface area contributed by atoms with Gasteiger partial charge in [0, 0.05) is 19.1 Å². The molecule has 92 valence electrons. The monoisotopic (exact) mass is 253 g/mol. The minimum absolute atomic E-state index is 0.333. The summed E-state index contributed by atoms with van der Waals surface area (Å²) in [5.74, 6) is -0.333. The quantitative estimate of drug-likeness (QED) is 0.773. The predicted molar refractivity (Wildman–Crippen MR) is 70.7 cm³/mol. The van der Waals surface area contributed by atoms with Gasteiger partial charge in [-0.05, 0) is 24.6 Å². The highest BCUT2D eigenvalue weighted by Gasteiger charge is 2.13. The van der Waals surface area contributed by atoms with E-state index < -0.39 is 0 Å². The van der Waals surface area contributed by atoms with E-state index in [4.69, 9.17) is 16.3 Å². The molecular formula is C13H16ClNO2. The molecule has 0 N–H and O–H groups in total. The number of halogens is 1. The Morgan fingerprint density at radius 3 is 2.71 bits per heavy atom. The van der Waals surface area contributed by atoms with Gasteiger partial charge in [0.05, 0.1) is 18.4 Å². The number of ether oxygens (including phenoxy) is 1. The van der Waals surface area contributed by atoms with Gasteiger partial charge in [0.25, 0.3) is 0 Å². The number of likely N-dealkylation sites (N-methyl/N-ethyl adjacent to an activating group) is 1. The fraction of sp³-hybridized carbons (Fsp3) is 0.308. The Labute approximate surface area is 107 Å². The lowest BCUT2D eigenvalue weighted by Crippen LogP contribution is -2.22. The van der Waals surface area contributed by atoms with Gasteiger partial charge in [-0.15, -0.1) is 0 Å². The maximum absolute atomic E-state index is 11.6. The molecule has 1 aromatic rings. The molecule has 0 atom stereocenters. The molecule has 0 heterocycles. The largest absolute Gasteiger partial charge is 0.465 e. The van der Waals surface area contributed by atoms with Crippen LogP contribution in [0, 0.1) is 0 Å². The number of methoxy groups -OCH3 is 1. The fourth-order valence-electron chi connectivity index (χ4n) is 1.58. The highest BCUT2D eigenvalue weighted by Crippen LogP contribution is 2.20. The molecule has 0 amide bonds. The van der Waals surface area contributed by atoms with Crippen LogP contribution in [0.2, 0.25) is 0 Å². The summed E-state index contributed by atoms with van der Waals surface area (Å²) in [7, 11) is 3.29. The highest BCUT2D eigenvalue weighted by atomic mass is 35.5. The molecule has 0 aliphatic carbocycles. The second-order valence-electron chi connectivity index (χ2n) is 3.82. The molecule has 0 aromatic heterocycles. The third-order valence-electron chi connectivity index (χ3n) is 2.39. The average molecular weight is 254 g/mol. The summed E-state index contributed by atoms with van der Waals surface area (Å²) in [4.78, 5) is 13.6. The van der Waals surface area contributed by atoms with Gasteiger partial charge in [0.15, 0.2) is 0 Å². The maximum Gasteiger partial charge on any atom is 0.339 e. The molecule has 0 aliphatic rings. The van der Waals surface area contributed by atoms with Crippen molar-refractivity contribution in [2.24, 2.45) is 0 Å². The summed E-state index contributed by atoms with van der Waals surface area (Å²) in [6, 6.07) is 7.33. The van der Waals surface area contributed by atoms with Crippen molar-refractivity contribution in [3.05, 3.63) is 40.9 Å². The van der Waals surface area contributed by atoms with Crippen LogP contribution in [0.4, 0.5) is 5.69 Å². The molecule has 1 aromatic carbocycles. The van der Waals surface area contributed by atoms with Gasteiger partial charge in [-0.1, -0.05) is 23.7 Å². The van der Waals surface area contributed by atoms with Crippen molar-refractivity contribution in [3.8, 4) is 0 Å². The van der Waals surface area contributed by atoms with Gasteiger partial charge >= 0.3 is 5.97 Å². The van der Waals surface area contributed by atoms with E-state index in [1.807, 2.05) is 37.1 Å². The third kappa shape index (κ3) is 3.49. The van der Waals surface area contributed by atoms with E-state index in [-0.39, 0.29) is 5.97 Å². The molecule has 0 bridgehead atoms. The minimum Gasteiger partial charge on any atom is -0.465 e. The van der Waals surface area contributed by atoms with Crippen LogP contribution in [-0.4, -0.2) is 26.7 Å². The summed E-state index contributed by atoms with van der Waals surface area (Å²) in [6.45, 7) is 2.60. The van der Waals surface area contributed by atoms with Crippen LogP contribution in [0.3, 0.4) is 0 Å². The molecule has 4 heteroatoms. The van der Waals surface area contributed by atoms with Crippen LogP contribution in [0.15, 0.2) is 35.4 Å². The SMILES string of the molecule is COC(=O)c1ccccc1N(C)C/C(C)=C/Cl. The smallest absolute Gasteiger partial charge is 0.339 e. The van der Waals surface area contributed by atoms with Gasteiger partial charge in [-0.2, -0.15) is 0 Å². The van der Waals surface area contributed by atoms with E-state index in [1.54, 1.807) is 6.07 Å². The lowest BCUT2D eigenvalue weighted by molar-refractivity contribution is 0.0601. The van der Waals surface area contributed by atoms with Crippen LogP contribution in [0.1, 0.15) is 17.3 Å². The highest BCUT2D eigenvalue weighted by molar-refractivity contribution is 6.25. The van der Waals surface area contributed by atoms with Gasteiger partial charge in [-0.25, -0.2) is 4.79 Å². The Morgan fingerprint density at radius 2 is 2.12 bits per heavy atom. The Morgan fingerprint density at radius 1 is 1.47 bits per heavy atom. The standard InChI is InChI=1S/C13H16ClNO2/c1-10(8-14)9-15(2)12-7-5-4-6-11(12)13(16)17-3/h4-8H,9H2,1-3H3/b10-8+. The topological polar surface area (TPSA) is 29.5 Å². The molecule has 0 saturated heterocycles. The van der Waals surface area contributed by atoms with Crippen molar-refractivity contribution in [2.75, 3.05) is 25.6 Å². The first-order valence-corrected chi connectivity index (χ1v) is 5.68. The number of benzene rings is 1. The van der Waals surface area contributed by atoms with E-state index >= 15 is 0 Å². The summed E-state index contributed by atoms with van der Waals surface area (Å²) in [6.07, 6.45) is 0. The molecule has 0 aliphatic heterocycles. The first kappa shape index (κ1) is 13.6. The lowest BCUT2D eigenvalue weighted by Gasteiger charge is -2.21. The van der Waals surface area contributed by atoms with Crippen molar-refractivity contribution < 1.29 is 9.53 Å². The zero-order valence-electron chi connectivity index (χ0n) is 10.2. The Balaban J connectivity index is 3.00. The van der Waals surface area contributed by atoms with Gasteiger partial charge in [0.1, 0.15) is 0 Å². The van der Waals surface area contributed by atoms with E-state index in [0.717, 1.165) is 11.3 Å². The zero-order chi connectivity index (χ0) is 12.8. The Bertz CT molecular complexity index is 429. The number of carbonyl (C=O) groups is 1. The van der Waals surface area contributed by atoms with Gasteiger partial charge < -0.3 is 9.64 Å². The molecule has 3 nitrogen and oxygen atoms in total. The van der Waals surface area contributed by atoms with Gasteiger partial charge in [0.2, 0.25) is 0 Å². The average Bonchev–Trinajstić information content (AvgIpc) is 2.37. The van der Waals surface area contributed by atoms with E-state index in [9.17, 15) is 4.79 Å². The molecular weight excluding hydrogens is 238 g/mol. The van der Waals surface area contributed by atoms with Crippen LogP contribution in [0.25, 0.3) is 0 Å². The van der Waals surface area contributed by atoms with Gasteiger partial charge in [-0.3, -0.25) is 0 Å². The van der Waals surface area contributed by atoms with E-state index in [1.165, 1.54) is 12.6 Å². The zero-order valence-corrected chi connectivity index (χ0v) is 11.0. The number of anilines is 1. The number of esters is 1. The third-order valence-corrected chi connectivity index (χ3v) is 2.77. The Hall–Kier alpha value is -1.48. The van der Waals surface area contributed by atoms with Crippen LogP contribution >= 0.6 is 11.6 Å². The molecule has 17 heavy (non-hydrogen) atoms. The van der Waals surface area contributed by atoms with Crippen LogP contribution < -0.4 is 4.90 Å². The van der Waals surface area contributed by atoms with E-state index in [0.29, 0.717) is 12.1 Å². The van der Waals surface area contributed by atoms with Crippen molar-refractivity contribution in [2.45, 2.75) is 6.92 Å². The maximum atomic E-state index is 11.6. The minimum atomic E-state index is -0.333. The van der Waals surface area contributed by atoms with Crippen molar-refractivity contribution in [1.82, 2.24) is 0 Å². The van der Waals surface area contributed by atoms with Crippen molar-refractivity contribution in [1.29, 1.82) is 0 Å². The number of nitrogens with zero attached hydrogens (tertiary/aromatic N) is 1. The first-order valence-electron chi connectivity index (χ1n) is 5.24. The second kappa shape index (κ2) is 6.30. The Kier molecular flexibility index (Phi) is 5.04. The molecule has 1 rings (SSSR count). The molecule has 0 spiro atoms. The second-order valence-corrected chi connectivity index (χ2v) is 4.04. The number of rotatable bonds is 4. The van der Waals surface area contributed by atoms with Crippen molar-refractivity contribution in [3.63, 3.8) is 0 Å². The summed E-state index contributed by atoms with van der Waals surface area (Å²) in [5, 5.41) is 0. The normalized spacial score (nSPS) is 11.2. The fourth-order valence-corrected chi connectivity index (χ4v) is 1.65. The summed E-state index contributed by atoms with van der Waals surface area (Å²) < 4.78 is 4.75. The van der Waals surface area contributed by atoms with E-state index in [2.05, 4.69) is 0 Å². The molecule has 0 radical (unpaired) electrons. The molecule has 0 saturated carbocycles. The number of carbonyl (C=O) groups excluding carboxylic acids is 1. The van der Waals surface area contributed by atoms with Crippen molar-refractivity contribution >= 4 is 23.3 Å². The summed E-state index contributed by atoms with van der Waals surface area (Å²) in [5.41, 5.74) is 3.95. The number of hydrogen-bond donors (Lipinski definition) is 0. The predicted octanol–water partition coefficient (Wildman–Crippen LogP) is 3.05. The lowest BCUT2D eigenvalue weighted by atomic mass is 10.1. The van der Waals surface area contributed by atoms with Crippen LogP contribution in [0.5, 0.6) is 0 Å². The summed E-state index contributed by atoms with van der Waals surface area (Å²) >= 11 is 5.63. The first-order chi connectivity index (χ1) is 8.10. The molecule has 0 unspecified atom stereocenters.